The van der Waals surface area contributed by atoms with Crippen LogP contribution < -0.4 is 19.9 Å². The average Bonchev–Trinajstić information content (AvgIpc) is 3.01. The third kappa shape index (κ3) is 5.85. The number of hydrogen-bond acceptors (Lipinski definition) is 6. The van der Waals surface area contributed by atoms with Gasteiger partial charge in [-0.2, -0.15) is 0 Å². The van der Waals surface area contributed by atoms with Crippen molar-refractivity contribution in [3.8, 4) is 17.2 Å². The summed E-state index contributed by atoms with van der Waals surface area (Å²) in [6.07, 6.45) is 0.544. The van der Waals surface area contributed by atoms with Crippen molar-refractivity contribution in [3.63, 3.8) is 0 Å². The van der Waals surface area contributed by atoms with Gasteiger partial charge >= 0.3 is 0 Å². The van der Waals surface area contributed by atoms with Gasteiger partial charge in [0.05, 0.1) is 26.1 Å². The van der Waals surface area contributed by atoms with Crippen LogP contribution >= 0.6 is 0 Å². The molecule has 7 nitrogen and oxygen atoms in total. The number of fused-ring (bicyclic) bond motifs is 1. The van der Waals surface area contributed by atoms with Crippen molar-refractivity contribution in [1.82, 2.24) is 14.5 Å². The first-order valence-corrected chi connectivity index (χ1v) is 13.7. The van der Waals surface area contributed by atoms with Gasteiger partial charge in [-0.25, -0.2) is 4.98 Å². The molecule has 0 unspecified atom stereocenters. The molecule has 1 aromatic heterocycles. The number of aryl methyl sites for hydroxylation is 1. The molecule has 0 atom stereocenters. The lowest BCUT2D eigenvalue weighted by Gasteiger charge is -2.38. The largest absolute Gasteiger partial charge is 0.497 e. The van der Waals surface area contributed by atoms with Gasteiger partial charge in [-0.1, -0.05) is 60.7 Å². The predicted molar refractivity (Wildman–Crippen MR) is 161 cm³/mol. The second-order valence-corrected chi connectivity index (χ2v) is 10.2. The highest BCUT2D eigenvalue weighted by molar-refractivity contribution is 5.60. The van der Waals surface area contributed by atoms with Crippen LogP contribution in [0.25, 0.3) is 0 Å². The van der Waals surface area contributed by atoms with Gasteiger partial charge in [0.1, 0.15) is 17.2 Å². The molecule has 6 rings (SSSR count). The van der Waals surface area contributed by atoms with Crippen molar-refractivity contribution in [2.45, 2.75) is 26.6 Å². The van der Waals surface area contributed by atoms with Gasteiger partial charge in [0.25, 0.3) is 5.56 Å². The van der Waals surface area contributed by atoms with E-state index in [9.17, 15) is 4.79 Å². The summed E-state index contributed by atoms with van der Waals surface area (Å²) in [7, 11) is 1.67. The molecule has 0 radical (unpaired) electrons. The minimum Gasteiger partial charge on any atom is -0.497 e. The maximum atomic E-state index is 14.0. The second-order valence-electron chi connectivity index (χ2n) is 10.2. The highest BCUT2D eigenvalue weighted by atomic mass is 16.5. The molecule has 0 bridgehead atoms. The van der Waals surface area contributed by atoms with E-state index in [1.165, 1.54) is 0 Å². The smallest absolute Gasteiger partial charge is 0.259 e. The summed E-state index contributed by atoms with van der Waals surface area (Å²) < 4.78 is 13.1. The summed E-state index contributed by atoms with van der Waals surface area (Å²) in [6, 6.07) is 35.8. The SMILES string of the molecule is COc1ccc(CN2CN(c3ccc(Oc4ccccc4)cc3)c3nc(C)c(Cc4ccccc4)c(=O)n3C2)cc1. The maximum Gasteiger partial charge on any atom is 0.259 e. The molecule has 0 spiro atoms. The number of methoxy groups -OCH3 is 1. The molecule has 1 aliphatic rings. The van der Waals surface area contributed by atoms with Crippen molar-refractivity contribution < 1.29 is 9.47 Å². The van der Waals surface area contributed by atoms with Gasteiger partial charge < -0.3 is 9.47 Å². The summed E-state index contributed by atoms with van der Waals surface area (Å²) in [5.74, 6) is 2.99. The van der Waals surface area contributed by atoms with Gasteiger partial charge in [-0.3, -0.25) is 19.2 Å². The molecule has 0 N–H and O–H groups in total. The quantitative estimate of drug-likeness (QED) is 0.222. The number of nitrogens with zero attached hydrogens (tertiary/aromatic N) is 4. The van der Waals surface area contributed by atoms with Crippen molar-refractivity contribution >= 4 is 11.6 Å². The zero-order valence-electron chi connectivity index (χ0n) is 23.2. The van der Waals surface area contributed by atoms with Gasteiger partial charge in [0, 0.05) is 24.2 Å². The van der Waals surface area contributed by atoms with Crippen LogP contribution in [0.5, 0.6) is 17.2 Å². The molecule has 7 heteroatoms. The van der Waals surface area contributed by atoms with E-state index >= 15 is 0 Å². The van der Waals surface area contributed by atoms with E-state index in [1.54, 1.807) is 11.7 Å². The van der Waals surface area contributed by atoms with Crippen LogP contribution in [0.3, 0.4) is 0 Å². The molecular weight excluding hydrogens is 512 g/mol. The molecule has 1 aliphatic heterocycles. The molecule has 4 aromatic carbocycles. The third-order valence-electron chi connectivity index (χ3n) is 7.29. The first-order chi connectivity index (χ1) is 20.1. The van der Waals surface area contributed by atoms with Crippen LogP contribution in [0.15, 0.2) is 114 Å². The Labute approximate surface area is 239 Å². The van der Waals surface area contributed by atoms with Gasteiger partial charge in [0.2, 0.25) is 5.95 Å². The Kier molecular flexibility index (Phi) is 7.52. The van der Waals surface area contributed by atoms with E-state index in [2.05, 4.69) is 21.9 Å². The maximum absolute atomic E-state index is 14.0. The lowest BCUT2D eigenvalue weighted by atomic mass is 10.1. The Morgan fingerprint density at radius 2 is 1.37 bits per heavy atom. The minimum atomic E-state index is -0.00943. The monoisotopic (exact) mass is 544 g/mol. The standard InChI is InChI=1S/C34H32N4O3/c1-25-32(21-26-9-5-3-6-10-26)33(39)38-24-36(22-27-13-17-29(40-2)18-14-27)23-37(34(38)35-25)28-15-19-31(20-16-28)41-30-11-7-4-8-12-30/h3-20H,21-24H2,1-2H3. The van der Waals surface area contributed by atoms with E-state index < -0.39 is 0 Å². The van der Waals surface area contributed by atoms with Crippen molar-refractivity contribution in [2.24, 2.45) is 0 Å². The molecule has 2 heterocycles. The van der Waals surface area contributed by atoms with E-state index in [1.807, 2.05) is 104 Å². The zero-order chi connectivity index (χ0) is 28.2. The van der Waals surface area contributed by atoms with E-state index in [0.29, 0.717) is 32.3 Å². The molecule has 0 aliphatic carbocycles. The number of ether oxygens (including phenoxy) is 2. The lowest BCUT2D eigenvalue weighted by Crippen LogP contribution is -2.47. The van der Waals surface area contributed by atoms with Gasteiger partial charge in [0.15, 0.2) is 0 Å². The molecule has 0 fully saturated rings. The number of benzene rings is 4. The number of rotatable bonds is 8. The normalized spacial score (nSPS) is 13.1. The summed E-state index contributed by atoms with van der Waals surface area (Å²) in [5, 5.41) is 0. The van der Waals surface area contributed by atoms with Crippen LogP contribution in [-0.2, 0) is 19.6 Å². The topological polar surface area (TPSA) is 59.8 Å². The van der Waals surface area contributed by atoms with Crippen molar-refractivity contribution in [1.29, 1.82) is 0 Å². The first-order valence-electron chi connectivity index (χ1n) is 13.7. The summed E-state index contributed by atoms with van der Waals surface area (Å²) in [4.78, 5) is 23.3. The number of aromatic nitrogens is 2. The Balaban J connectivity index is 1.35. The number of anilines is 2. The van der Waals surface area contributed by atoms with Gasteiger partial charge in [-0.15, -0.1) is 0 Å². The number of para-hydroxylation sites is 1. The second kappa shape index (κ2) is 11.7. The fourth-order valence-electron chi connectivity index (χ4n) is 5.14. The first kappa shape index (κ1) is 26.3. The Bertz CT molecular complexity index is 1670. The van der Waals surface area contributed by atoms with E-state index in [-0.39, 0.29) is 5.56 Å². The molecule has 0 saturated carbocycles. The van der Waals surface area contributed by atoms with Crippen LogP contribution in [0.2, 0.25) is 0 Å². The van der Waals surface area contributed by atoms with Crippen LogP contribution in [0.4, 0.5) is 11.6 Å². The highest BCUT2D eigenvalue weighted by Gasteiger charge is 2.28. The lowest BCUT2D eigenvalue weighted by molar-refractivity contribution is 0.189. The summed E-state index contributed by atoms with van der Waals surface area (Å²) in [6.45, 7) is 3.62. The minimum absolute atomic E-state index is 0.00943. The van der Waals surface area contributed by atoms with E-state index in [4.69, 9.17) is 14.5 Å². The van der Waals surface area contributed by atoms with Gasteiger partial charge in [-0.05, 0) is 66.6 Å². The zero-order valence-corrected chi connectivity index (χ0v) is 23.2. The third-order valence-corrected chi connectivity index (χ3v) is 7.29. The molecule has 5 aromatic rings. The Morgan fingerprint density at radius 1 is 0.732 bits per heavy atom. The molecule has 41 heavy (non-hydrogen) atoms. The average molecular weight is 545 g/mol. The molecule has 206 valence electrons. The Morgan fingerprint density at radius 3 is 2.05 bits per heavy atom. The summed E-state index contributed by atoms with van der Waals surface area (Å²) in [5.41, 5.74) is 4.62. The van der Waals surface area contributed by atoms with Crippen LogP contribution in [-0.4, -0.2) is 28.2 Å². The molecule has 0 amide bonds. The number of hydrogen-bond donors (Lipinski definition) is 0. The van der Waals surface area contributed by atoms with Crippen LogP contribution in [0, 0.1) is 6.92 Å². The summed E-state index contributed by atoms with van der Waals surface area (Å²) >= 11 is 0. The Hall–Kier alpha value is -4.88. The van der Waals surface area contributed by atoms with Crippen LogP contribution in [0.1, 0.15) is 22.4 Å². The predicted octanol–water partition coefficient (Wildman–Crippen LogP) is 6.51. The van der Waals surface area contributed by atoms with Crippen molar-refractivity contribution in [3.05, 3.63) is 142 Å². The molecule has 0 saturated heterocycles. The van der Waals surface area contributed by atoms with Crippen molar-refractivity contribution in [2.75, 3.05) is 18.7 Å². The van der Waals surface area contributed by atoms with E-state index in [0.717, 1.165) is 45.3 Å². The fourth-order valence-corrected chi connectivity index (χ4v) is 5.14. The fraction of sp³-hybridized carbons (Fsp3) is 0.176. The highest BCUT2D eigenvalue weighted by Crippen LogP contribution is 2.31. The molecular formula is C34H32N4O3.